The van der Waals surface area contributed by atoms with Gasteiger partial charge in [0.15, 0.2) is 5.57 Å². The molecule has 0 saturated carbocycles. The predicted molar refractivity (Wildman–Crippen MR) is 70.4 cm³/mol. The van der Waals surface area contributed by atoms with Crippen molar-refractivity contribution in [2.75, 3.05) is 0 Å². The van der Waals surface area contributed by atoms with Gasteiger partial charge >= 0.3 is 0 Å². The molecule has 0 N–H and O–H groups in total. The van der Waals surface area contributed by atoms with Crippen LogP contribution >= 0.6 is 0 Å². The van der Waals surface area contributed by atoms with Gasteiger partial charge in [-0.05, 0) is 6.92 Å². The van der Waals surface area contributed by atoms with E-state index in [1.807, 2.05) is 6.92 Å². The van der Waals surface area contributed by atoms with Gasteiger partial charge in [-0.25, -0.2) is 4.90 Å². The maximum atomic E-state index is 11.9. The number of benzene rings is 1. The van der Waals surface area contributed by atoms with Gasteiger partial charge in [-0.15, -0.1) is 0 Å². The van der Waals surface area contributed by atoms with Gasteiger partial charge in [-0.1, -0.05) is 29.8 Å². The molecule has 0 bridgehead atoms. The smallest absolute Gasteiger partial charge is 0.234 e. The van der Waals surface area contributed by atoms with Gasteiger partial charge in [-0.2, -0.15) is 10.5 Å². The van der Waals surface area contributed by atoms with Crippen molar-refractivity contribution in [3.05, 3.63) is 41.0 Å². The van der Waals surface area contributed by atoms with Crippen LogP contribution in [0.3, 0.4) is 0 Å². The van der Waals surface area contributed by atoms with E-state index in [1.165, 1.54) is 0 Å². The third-order valence-corrected chi connectivity index (χ3v) is 3.06. The van der Waals surface area contributed by atoms with Crippen LogP contribution in [-0.2, 0) is 9.59 Å². The van der Waals surface area contributed by atoms with Crippen LogP contribution in [0.25, 0.3) is 5.70 Å². The van der Waals surface area contributed by atoms with Crippen LogP contribution in [0.5, 0.6) is 0 Å². The van der Waals surface area contributed by atoms with Crippen molar-refractivity contribution in [2.24, 2.45) is 0 Å². The summed E-state index contributed by atoms with van der Waals surface area (Å²) in [6.45, 7) is 1.90. The lowest BCUT2D eigenvalue weighted by atomic mass is 10.0. The van der Waals surface area contributed by atoms with Crippen molar-refractivity contribution in [3.8, 4) is 12.1 Å². The SMILES string of the molecule is Cc1ccc(C(=C(C#N)C#N)N2C(=O)CCC2=O)cc1. The van der Waals surface area contributed by atoms with Crippen LogP contribution in [0.15, 0.2) is 29.8 Å². The number of allylic oxidation sites excluding steroid dienone is 1. The van der Waals surface area contributed by atoms with Crippen LogP contribution in [0.1, 0.15) is 24.0 Å². The number of likely N-dealkylation sites (tertiary alicyclic amines) is 1. The summed E-state index contributed by atoms with van der Waals surface area (Å²) in [6.07, 6.45) is 0.219. The summed E-state index contributed by atoms with van der Waals surface area (Å²) in [4.78, 5) is 24.7. The molecular weight excluding hydrogens is 254 g/mol. The first kappa shape index (κ1) is 13.5. The zero-order valence-electron chi connectivity index (χ0n) is 10.9. The quantitative estimate of drug-likeness (QED) is 0.603. The van der Waals surface area contributed by atoms with Crippen LogP contribution in [-0.4, -0.2) is 16.7 Å². The maximum absolute atomic E-state index is 11.9. The number of amides is 2. The lowest BCUT2D eigenvalue weighted by molar-refractivity contribution is -0.134. The van der Waals surface area contributed by atoms with Gasteiger partial charge in [0.1, 0.15) is 12.1 Å². The number of nitrogens with zero attached hydrogens (tertiary/aromatic N) is 3. The molecule has 5 heteroatoms. The number of carbonyl (C=O) groups excluding carboxylic acids is 2. The highest BCUT2D eigenvalue weighted by Crippen LogP contribution is 2.28. The lowest BCUT2D eigenvalue weighted by Crippen LogP contribution is -2.28. The van der Waals surface area contributed by atoms with E-state index in [4.69, 9.17) is 10.5 Å². The van der Waals surface area contributed by atoms with Gasteiger partial charge in [-0.3, -0.25) is 9.59 Å². The molecule has 1 aromatic rings. The van der Waals surface area contributed by atoms with Crippen LogP contribution in [0.2, 0.25) is 0 Å². The Morgan fingerprint density at radius 1 is 1.05 bits per heavy atom. The van der Waals surface area contributed by atoms with Gasteiger partial charge in [0.25, 0.3) is 0 Å². The van der Waals surface area contributed by atoms with Crippen LogP contribution in [0, 0.1) is 29.6 Å². The van der Waals surface area contributed by atoms with Crippen LogP contribution in [0.4, 0.5) is 0 Å². The molecule has 2 amide bonds. The first-order valence-electron chi connectivity index (χ1n) is 6.05. The third kappa shape index (κ3) is 2.30. The maximum Gasteiger partial charge on any atom is 0.234 e. The molecule has 5 nitrogen and oxygen atoms in total. The summed E-state index contributed by atoms with van der Waals surface area (Å²) < 4.78 is 0. The van der Waals surface area contributed by atoms with Gasteiger partial charge < -0.3 is 0 Å². The molecule has 0 aliphatic carbocycles. The van der Waals surface area contributed by atoms with E-state index in [0.29, 0.717) is 5.56 Å². The molecule has 0 aromatic heterocycles. The van der Waals surface area contributed by atoms with Gasteiger partial charge in [0.2, 0.25) is 11.8 Å². The van der Waals surface area contributed by atoms with E-state index < -0.39 is 0 Å². The number of carbonyl (C=O) groups is 2. The normalized spacial score (nSPS) is 13.8. The Morgan fingerprint density at radius 2 is 1.55 bits per heavy atom. The van der Waals surface area contributed by atoms with E-state index in [2.05, 4.69) is 0 Å². The lowest BCUT2D eigenvalue weighted by Gasteiger charge is -2.18. The van der Waals surface area contributed by atoms with Crippen molar-refractivity contribution in [1.29, 1.82) is 10.5 Å². The van der Waals surface area contributed by atoms with E-state index >= 15 is 0 Å². The molecule has 1 fully saturated rings. The average Bonchev–Trinajstić information content (AvgIpc) is 2.77. The molecule has 1 saturated heterocycles. The molecule has 1 heterocycles. The second-order valence-electron chi connectivity index (χ2n) is 4.44. The summed E-state index contributed by atoms with van der Waals surface area (Å²) >= 11 is 0. The molecule has 2 rings (SSSR count). The van der Waals surface area contributed by atoms with Crippen LogP contribution < -0.4 is 0 Å². The second kappa shape index (κ2) is 5.38. The molecule has 1 aromatic carbocycles. The highest BCUT2D eigenvalue weighted by molar-refractivity contribution is 6.10. The molecule has 20 heavy (non-hydrogen) atoms. The number of hydrogen-bond donors (Lipinski definition) is 0. The molecule has 0 unspecified atom stereocenters. The Labute approximate surface area is 116 Å². The average molecular weight is 265 g/mol. The van der Waals surface area contributed by atoms with Gasteiger partial charge in [0, 0.05) is 18.4 Å². The molecule has 1 aliphatic rings. The number of rotatable bonds is 2. The minimum Gasteiger partial charge on any atom is -0.274 e. The summed E-state index contributed by atoms with van der Waals surface area (Å²) in [5.74, 6) is -0.762. The Hall–Kier alpha value is -2.92. The number of aryl methyl sites for hydroxylation is 1. The minimum absolute atomic E-state index is 0.0856. The minimum atomic E-state index is -0.381. The van der Waals surface area contributed by atoms with Crippen molar-refractivity contribution in [2.45, 2.75) is 19.8 Å². The standard InChI is InChI=1S/C15H11N3O2/c1-10-2-4-11(5-3-10)15(12(8-16)9-17)18-13(19)6-7-14(18)20/h2-5H,6-7H2,1H3. The highest BCUT2D eigenvalue weighted by Gasteiger charge is 2.34. The predicted octanol–water partition coefficient (Wildman–Crippen LogP) is 1.90. The van der Waals surface area contributed by atoms with Crippen molar-refractivity contribution in [1.82, 2.24) is 4.90 Å². The number of imide groups is 1. The molecule has 98 valence electrons. The fourth-order valence-corrected chi connectivity index (χ4v) is 2.05. The second-order valence-corrected chi connectivity index (χ2v) is 4.44. The van der Waals surface area contributed by atoms with Crippen molar-refractivity contribution in [3.63, 3.8) is 0 Å². The van der Waals surface area contributed by atoms with E-state index in [-0.39, 0.29) is 35.9 Å². The summed E-state index contributed by atoms with van der Waals surface area (Å²) in [7, 11) is 0. The highest BCUT2D eigenvalue weighted by atomic mass is 16.2. The topological polar surface area (TPSA) is 85.0 Å². The fraction of sp³-hybridized carbons (Fsp3) is 0.200. The number of nitriles is 2. The molecular formula is C15H11N3O2. The molecule has 1 aliphatic heterocycles. The first-order chi connectivity index (χ1) is 9.58. The zero-order valence-corrected chi connectivity index (χ0v) is 10.9. The summed E-state index contributed by atoms with van der Waals surface area (Å²) in [6, 6.07) is 10.5. The largest absolute Gasteiger partial charge is 0.274 e. The van der Waals surface area contributed by atoms with Crippen molar-refractivity contribution >= 4 is 17.5 Å². The Kier molecular flexibility index (Phi) is 3.63. The molecule has 0 spiro atoms. The third-order valence-electron chi connectivity index (χ3n) is 3.06. The van der Waals surface area contributed by atoms with E-state index in [1.54, 1.807) is 36.4 Å². The Balaban J connectivity index is 2.64. The number of hydrogen-bond acceptors (Lipinski definition) is 4. The fourth-order valence-electron chi connectivity index (χ4n) is 2.05. The van der Waals surface area contributed by atoms with E-state index in [0.717, 1.165) is 10.5 Å². The zero-order chi connectivity index (χ0) is 14.7. The molecule has 0 radical (unpaired) electrons. The first-order valence-corrected chi connectivity index (χ1v) is 6.05. The van der Waals surface area contributed by atoms with E-state index in [9.17, 15) is 9.59 Å². The van der Waals surface area contributed by atoms with Gasteiger partial charge in [0.05, 0.1) is 5.70 Å². The monoisotopic (exact) mass is 265 g/mol. The van der Waals surface area contributed by atoms with Crippen molar-refractivity contribution < 1.29 is 9.59 Å². The summed E-state index contributed by atoms with van der Waals surface area (Å²) in [5, 5.41) is 18.1. The molecule has 0 atom stereocenters. The Morgan fingerprint density at radius 3 is 2.00 bits per heavy atom. The Bertz CT molecular complexity index is 655. The summed E-state index contributed by atoms with van der Waals surface area (Å²) in [5.41, 5.74) is 1.36.